The van der Waals surface area contributed by atoms with Gasteiger partial charge in [-0.2, -0.15) is 5.10 Å². The van der Waals surface area contributed by atoms with E-state index in [4.69, 9.17) is 5.73 Å². The Hall–Kier alpha value is -1.56. The average molecular weight is 211 g/mol. The van der Waals surface area contributed by atoms with E-state index in [0.717, 1.165) is 17.1 Å². The number of rotatable bonds is 3. The van der Waals surface area contributed by atoms with E-state index >= 15 is 0 Å². The summed E-state index contributed by atoms with van der Waals surface area (Å²) < 4.78 is 0. The normalized spacial score (nSPS) is 10.1. The SMILES string of the molecule is Cc1n[nH]c(C)c1NC(=O)N(C)CCN. The molecule has 0 aliphatic rings. The number of nitrogens with one attached hydrogen (secondary N) is 2. The van der Waals surface area contributed by atoms with Gasteiger partial charge in [-0.1, -0.05) is 0 Å². The number of anilines is 1. The fourth-order valence-corrected chi connectivity index (χ4v) is 1.23. The highest BCUT2D eigenvalue weighted by Crippen LogP contribution is 2.16. The third kappa shape index (κ3) is 2.69. The van der Waals surface area contributed by atoms with Crippen LogP contribution < -0.4 is 11.1 Å². The smallest absolute Gasteiger partial charge is 0.321 e. The zero-order valence-electron chi connectivity index (χ0n) is 9.29. The van der Waals surface area contributed by atoms with Crippen LogP contribution in [-0.2, 0) is 0 Å². The first-order valence-electron chi connectivity index (χ1n) is 4.80. The molecule has 4 N–H and O–H groups in total. The van der Waals surface area contributed by atoms with Gasteiger partial charge in [0, 0.05) is 20.1 Å². The van der Waals surface area contributed by atoms with Crippen LogP contribution in [0.4, 0.5) is 10.5 Å². The van der Waals surface area contributed by atoms with Crippen LogP contribution in [0, 0.1) is 13.8 Å². The van der Waals surface area contributed by atoms with Crippen molar-refractivity contribution >= 4 is 11.7 Å². The van der Waals surface area contributed by atoms with Crippen molar-refractivity contribution in [3.63, 3.8) is 0 Å². The van der Waals surface area contributed by atoms with Crippen LogP contribution in [0.3, 0.4) is 0 Å². The Labute approximate surface area is 88.8 Å². The molecule has 0 saturated carbocycles. The van der Waals surface area contributed by atoms with E-state index in [1.165, 1.54) is 4.90 Å². The Balaban J connectivity index is 2.66. The number of hydrogen-bond donors (Lipinski definition) is 3. The topological polar surface area (TPSA) is 87.0 Å². The quantitative estimate of drug-likeness (QED) is 0.678. The summed E-state index contributed by atoms with van der Waals surface area (Å²) in [5.74, 6) is 0. The molecule has 2 amide bonds. The molecule has 1 aromatic heterocycles. The van der Waals surface area contributed by atoms with Gasteiger partial charge in [-0.25, -0.2) is 4.79 Å². The summed E-state index contributed by atoms with van der Waals surface area (Å²) in [6.07, 6.45) is 0. The fourth-order valence-electron chi connectivity index (χ4n) is 1.23. The summed E-state index contributed by atoms with van der Waals surface area (Å²) in [6.45, 7) is 4.68. The lowest BCUT2D eigenvalue weighted by atomic mass is 10.3. The van der Waals surface area contributed by atoms with Crippen LogP contribution in [0.5, 0.6) is 0 Å². The molecule has 0 radical (unpaired) electrons. The van der Waals surface area contributed by atoms with Gasteiger partial charge >= 0.3 is 6.03 Å². The largest absolute Gasteiger partial charge is 0.329 e. The van der Waals surface area contributed by atoms with Crippen molar-refractivity contribution in [2.75, 3.05) is 25.5 Å². The summed E-state index contributed by atoms with van der Waals surface area (Å²) in [5, 5.41) is 9.58. The van der Waals surface area contributed by atoms with Gasteiger partial charge in [0.2, 0.25) is 0 Å². The van der Waals surface area contributed by atoms with E-state index in [9.17, 15) is 4.79 Å². The Bertz CT molecular complexity index is 327. The minimum Gasteiger partial charge on any atom is -0.329 e. The second kappa shape index (κ2) is 4.79. The maximum Gasteiger partial charge on any atom is 0.321 e. The minimum absolute atomic E-state index is 0.173. The monoisotopic (exact) mass is 211 g/mol. The third-order valence-electron chi connectivity index (χ3n) is 2.17. The second-order valence-corrected chi connectivity index (χ2v) is 3.45. The number of urea groups is 1. The Morgan fingerprint density at radius 3 is 2.73 bits per heavy atom. The van der Waals surface area contributed by atoms with Crippen molar-refractivity contribution in [1.29, 1.82) is 0 Å². The maximum absolute atomic E-state index is 11.6. The van der Waals surface area contributed by atoms with Crippen molar-refractivity contribution in [3.05, 3.63) is 11.4 Å². The maximum atomic E-state index is 11.6. The van der Waals surface area contributed by atoms with E-state index in [1.54, 1.807) is 7.05 Å². The molecule has 84 valence electrons. The summed E-state index contributed by atoms with van der Waals surface area (Å²) in [4.78, 5) is 13.2. The molecule has 0 atom stereocenters. The Morgan fingerprint density at radius 1 is 1.60 bits per heavy atom. The minimum atomic E-state index is -0.173. The predicted octanol–water partition coefficient (Wildman–Crippen LogP) is 0.449. The first-order valence-corrected chi connectivity index (χ1v) is 4.80. The van der Waals surface area contributed by atoms with Crippen molar-refractivity contribution in [1.82, 2.24) is 15.1 Å². The van der Waals surface area contributed by atoms with Crippen molar-refractivity contribution in [3.8, 4) is 0 Å². The van der Waals surface area contributed by atoms with E-state index in [0.29, 0.717) is 13.1 Å². The van der Waals surface area contributed by atoms with Gasteiger partial charge in [-0.15, -0.1) is 0 Å². The van der Waals surface area contributed by atoms with E-state index in [2.05, 4.69) is 15.5 Å². The lowest BCUT2D eigenvalue weighted by Gasteiger charge is -2.16. The number of amides is 2. The third-order valence-corrected chi connectivity index (χ3v) is 2.17. The molecule has 0 aliphatic carbocycles. The molecule has 6 nitrogen and oxygen atoms in total. The molecule has 1 aromatic rings. The number of carbonyl (C=O) groups is 1. The number of likely N-dealkylation sites (N-methyl/N-ethyl adjacent to an activating group) is 1. The van der Waals surface area contributed by atoms with Gasteiger partial charge in [0.1, 0.15) is 0 Å². The molecule has 15 heavy (non-hydrogen) atoms. The van der Waals surface area contributed by atoms with E-state index in [1.807, 2.05) is 13.8 Å². The molecule has 0 unspecified atom stereocenters. The van der Waals surface area contributed by atoms with Crippen LogP contribution in [0.25, 0.3) is 0 Å². The van der Waals surface area contributed by atoms with Gasteiger partial charge in [-0.05, 0) is 13.8 Å². The number of hydrogen-bond acceptors (Lipinski definition) is 3. The van der Waals surface area contributed by atoms with Crippen LogP contribution in [0.1, 0.15) is 11.4 Å². The highest BCUT2D eigenvalue weighted by Gasteiger charge is 2.12. The number of nitrogens with zero attached hydrogens (tertiary/aromatic N) is 2. The van der Waals surface area contributed by atoms with Crippen molar-refractivity contribution < 1.29 is 4.79 Å². The zero-order valence-corrected chi connectivity index (χ0v) is 9.29. The lowest BCUT2D eigenvalue weighted by molar-refractivity contribution is 0.223. The van der Waals surface area contributed by atoms with Gasteiger partial charge < -0.3 is 16.0 Å². The van der Waals surface area contributed by atoms with Crippen LogP contribution >= 0.6 is 0 Å². The molecule has 0 aromatic carbocycles. The summed E-state index contributed by atoms with van der Waals surface area (Å²) in [5.41, 5.74) is 7.73. The van der Waals surface area contributed by atoms with Crippen LogP contribution in [0.2, 0.25) is 0 Å². The number of aromatic amines is 1. The zero-order chi connectivity index (χ0) is 11.4. The van der Waals surface area contributed by atoms with Crippen molar-refractivity contribution in [2.24, 2.45) is 5.73 Å². The summed E-state index contributed by atoms with van der Waals surface area (Å²) >= 11 is 0. The Morgan fingerprint density at radius 2 is 2.27 bits per heavy atom. The van der Waals surface area contributed by atoms with E-state index < -0.39 is 0 Å². The number of nitrogens with two attached hydrogens (primary N) is 1. The first kappa shape index (κ1) is 11.5. The number of H-pyrrole nitrogens is 1. The van der Waals surface area contributed by atoms with Gasteiger partial charge in [-0.3, -0.25) is 5.10 Å². The lowest BCUT2D eigenvalue weighted by Crippen LogP contribution is -2.35. The standard InChI is InChI=1S/C9H17N5O/c1-6-8(7(2)13-12-6)11-9(15)14(3)5-4-10/h4-5,10H2,1-3H3,(H,11,15)(H,12,13). The van der Waals surface area contributed by atoms with Gasteiger partial charge in [0.05, 0.1) is 17.1 Å². The van der Waals surface area contributed by atoms with Gasteiger partial charge in [0.15, 0.2) is 0 Å². The highest BCUT2D eigenvalue weighted by atomic mass is 16.2. The van der Waals surface area contributed by atoms with Gasteiger partial charge in [0.25, 0.3) is 0 Å². The molecule has 0 fully saturated rings. The fraction of sp³-hybridized carbons (Fsp3) is 0.556. The molecule has 0 saturated heterocycles. The molecule has 0 aliphatic heterocycles. The molecule has 6 heteroatoms. The molecular weight excluding hydrogens is 194 g/mol. The molecule has 1 heterocycles. The number of aryl methyl sites for hydroxylation is 2. The van der Waals surface area contributed by atoms with Crippen molar-refractivity contribution in [2.45, 2.75) is 13.8 Å². The number of carbonyl (C=O) groups excluding carboxylic acids is 1. The second-order valence-electron chi connectivity index (χ2n) is 3.45. The molecule has 0 bridgehead atoms. The van der Waals surface area contributed by atoms with Crippen LogP contribution in [0.15, 0.2) is 0 Å². The summed E-state index contributed by atoms with van der Waals surface area (Å²) in [6, 6.07) is -0.173. The predicted molar refractivity (Wildman–Crippen MR) is 58.8 cm³/mol. The molecular formula is C9H17N5O. The number of aromatic nitrogens is 2. The highest BCUT2D eigenvalue weighted by molar-refractivity contribution is 5.90. The van der Waals surface area contributed by atoms with Crippen LogP contribution in [-0.4, -0.2) is 41.3 Å². The first-order chi connectivity index (χ1) is 7.06. The summed E-state index contributed by atoms with van der Waals surface area (Å²) in [7, 11) is 1.70. The molecule has 1 rings (SSSR count). The Kier molecular flexibility index (Phi) is 3.68. The average Bonchev–Trinajstić information content (AvgIpc) is 2.49. The van der Waals surface area contributed by atoms with E-state index in [-0.39, 0.29) is 6.03 Å². The molecule has 0 spiro atoms.